The third-order valence-corrected chi connectivity index (χ3v) is 4.73. The van der Waals surface area contributed by atoms with Gasteiger partial charge in [-0.05, 0) is 39.8 Å². The van der Waals surface area contributed by atoms with Crippen LogP contribution >= 0.6 is 0 Å². The second kappa shape index (κ2) is 7.69. The van der Waals surface area contributed by atoms with Gasteiger partial charge in [0, 0.05) is 39.3 Å². The van der Waals surface area contributed by atoms with E-state index in [1.54, 1.807) is 11.9 Å². The van der Waals surface area contributed by atoms with E-state index in [9.17, 15) is 9.59 Å². The highest BCUT2D eigenvalue weighted by Crippen LogP contribution is 2.24. The number of hydrogen-bond acceptors (Lipinski definition) is 5. The number of imidazole rings is 1. The van der Waals surface area contributed by atoms with Crippen molar-refractivity contribution in [3.63, 3.8) is 0 Å². The Morgan fingerprint density at radius 3 is 2.71 bits per heavy atom. The highest BCUT2D eigenvalue weighted by Gasteiger charge is 2.35. The molecule has 0 saturated carbocycles. The van der Waals surface area contributed by atoms with Crippen molar-refractivity contribution in [3.05, 3.63) is 30.1 Å². The molecule has 2 aromatic rings. The van der Waals surface area contributed by atoms with Crippen molar-refractivity contribution in [1.29, 1.82) is 0 Å². The number of carbonyl (C=O) groups excluding carboxylic acids is 2. The second-order valence-electron chi connectivity index (χ2n) is 8.15. The Kier molecular flexibility index (Phi) is 5.49. The second-order valence-corrected chi connectivity index (χ2v) is 8.15. The Labute approximate surface area is 165 Å². The summed E-state index contributed by atoms with van der Waals surface area (Å²) in [5.41, 5.74) is 1.25. The zero-order valence-corrected chi connectivity index (χ0v) is 17.2. The lowest BCUT2D eigenvalue weighted by Crippen LogP contribution is -2.57. The molecule has 1 N–H and O–H groups in total. The van der Waals surface area contributed by atoms with Crippen LogP contribution in [0.4, 0.5) is 10.6 Å². The van der Waals surface area contributed by atoms with Crippen LogP contribution < -0.4 is 10.2 Å². The molecule has 1 saturated heterocycles. The van der Waals surface area contributed by atoms with Gasteiger partial charge in [0.1, 0.15) is 17.1 Å². The maximum absolute atomic E-state index is 12.7. The summed E-state index contributed by atoms with van der Waals surface area (Å²) in [5, 5.41) is 2.66. The number of fused-ring (bicyclic) bond motifs is 1. The number of aryl methyl sites for hydroxylation is 1. The number of aromatic nitrogens is 2. The SMILES string of the molecule is CNC(=O)CC1CN(c2cccc3nc(C)cn23)CCN1C(=O)OC(C)(C)C. The molecule has 2 amide bonds. The molecule has 0 bridgehead atoms. The summed E-state index contributed by atoms with van der Waals surface area (Å²) in [4.78, 5) is 33.2. The van der Waals surface area contributed by atoms with E-state index in [-0.39, 0.29) is 24.5 Å². The van der Waals surface area contributed by atoms with Gasteiger partial charge < -0.3 is 19.9 Å². The average molecular weight is 387 g/mol. The van der Waals surface area contributed by atoms with Crippen LogP contribution in [-0.4, -0.2) is 64.6 Å². The molecular weight excluding hydrogens is 358 g/mol. The number of carbonyl (C=O) groups is 2. The van der Waals surface area contributed by atoms with Crippen molar-refractivity contribution in [3.8, 4) is 0 Å². The molecule has 0 aliphatic carbocycles. The van der Waals surface area contributed by atoms with Crippen molar-refractivity contribution >= 4 is 23.5 Å². The minimum Gasteiger partial charge on any atom is -0.444 e. The highest BCUT2D eigenvalue weighted by molar-refractivity contribution is 5.78. The van der Waals surface area contributed by atoms with E-state index in [1.165, 1.54) is 0 Å². The first-order chi connectivity index (χ1) is 13.2. The molecule has 152 valence electrons. The predicted molar refractivity (Wildman–Crippen MR) is 108 cm³/mol. The third-order valence-electron chi connectivity index (χ3n) is 4.73. The number of amides is 2. The number of anilines is 1. The molecule has 1 unspecified atom stereocenters. The lowest BCUT2D eigenvalue weighted by molar-refractivity contribution is -0.121. The highest BCUT2D eigenvalue weighted by atomic mass is 16.6. The van der Waals surface area contributed by atoms with Gasteiger partial charge in [0.05, 0.1) is 11.7 Å². The van der Waals surface area contributed by atoms with Crippen LogP contribution in [-0.2, 0) is 9.53 Å². The average Bonchev–Trinajstić information content (AvgIpc) is 3.00. The zero-order chi connectivity index (χ0) is 20.5. The number of hydrogen-bond donors (Lipinski definition) is 1. The van der Waals surface area contributed by atoms with E-state index in [0.29, 0.717) is 19.6 Å². The van der Waals surface area contributed by atoms with Crippen molar-refractivity contribution in [2.45, 2.75) is 45.8 Å². The van der Waals surface area contributed by atoms with E-state index in [2.05, 4.69) is 19.6 Å². The van der Waals surface area contributed by atoms with Crippen LogP contribution in [0, 0.1) is 6.92 Å². The summed E-state index contributed by atoms with van der Waals surface area (Å²) in [5.74, 6) is 0.904. The van der Waals surface area contributed by atoms with Gasteiger partial charge in [-0.3, -0.25) is 9.20 Å². The Morgan fingerprint density at radius 1 is 1.29 bits per heavy atom. The smallest absolute Gasteiger partial charge is 0.410 e. The van der Waals surface area contributed by atoms with E-state index >= 15 is 0 Å². The summed E-state index contributed by atoms with van der Waals surface area (Å²) >= 11 is 0. The number of piperazine rings is 1. The first-order valence-electron chi connectivity index (χ1n) is 9.58. The number of ether oxygens (including phenoxy) is 1. The first-order valence-corrected chi connectivity index (χ1v) is 9.58. The number of pyridine rings is 1. The maximum Gasteiger partial charge on any atom is 0.410 e. The van der Waals surface area contributed by atoms with Gasteiger partial charge in [0.2, 0.25) is 5.91 Å². The number of rotatable bonds is 3. The molecule has 1 atom stereocenters. The quantitative estimate of drug-likeness (QED) is 0.874. The van der Waals surface area contributed by atoms with E-state index in [0.717, 1.165) is 17.2 Å². The van der Waals surface area contributed by atoms with Gasteiger partial charge in [-0.15, -0.1) is 0 Å². The predicted octanol–water partition coefficient (Wildman–Crippen LogP) is 2.20. The maximum atomic E-state index is 12.7. The monoisotopic (exact) mass is 387 g/mol. The minimum absolute atomic E-state index is 0.0999. The Hall–Kier alpha value is -2.77. The molecule has 8 nitrogen and oxygen atoms in total. The van der Waals surface area contributed by atoms with Gasteiger partial charge >= 0.3 is 6.09 Å². The first kappa shape index (κ1) is 20.0. The Morgan fingerprint density at radius 2 is 2.04 bits per heavy atom. The fourth-order valence-corrected chi connectivity index (χ4v) is 3.49. The topological polar surface area (TPSA) is 79.2 Å². The van der Waals surface area contributed by atoms with Gasteiger partial charge in [-0.25, -0.2) is 9.78 Å². The summed E-state index contributed by atoms with van der Waals surface area (Å²) in [7, 11) is 1.61. The molecule has 8 heteroatoms. The fraction of sp³-hybridized carbons (Fsp3) is 0.550. The summed E-state index contributed by atoms with van der Waals surface area (Å²) in [6.07, 6.45) is 1.85. The van der Waals surface area contributed by atoms with Crippen LogP contribution in [0.3, 0.4) is 0 Å². The molecule has 3 heterocycles. The molecule has 1 fully saturated rings. The third kappa shape index (κ3) is 4.37. The lowest BCUT2D eigenvalue weighted by Gasteiger charge is -2.42. The van der Waals surface area contributed by atoms with Crippen LogP contribution in [0.1, 0.15) is 32.9 Å². The van der Waals surface area contributed by atoms with Crippen molar-refractivity contribution in [2.75, 3.05) is 31.6 Å². The van der Waals surface area contributed by atoms with Crippen molar-refractivity contribution in [1.82, 2.24) is 19.6 Å². The minimum atomic E-state index is -0.578. The zero-order valence-electron chi connectivity index (χ0n) is 17.2. The summed E-state index contributed by atoms with van der Waals surface area (Å²) < 4.78 is 7.61. The van der Waals surface area contributed by atoms with Crippen LogP contribution in [0.15, 0.2) is 24.4 Å². The van der Waals surface area contributed by atoms with Crippen molar-refractivity contribution < 1.29 is 14.3 Å². The number of nitrogens with one attached hydrogen (secondary N) is 1. The molecule has 1 aliphatic rings. The standard InChI is InChI=1S/C20H29N5O3/c1-14-12-25-16(22-14)7-6-8-18(25)23-9-10-24(19(27)28-20(2,3)4)15(13-23)11-17(26)21-5/h6-8,12,15H,9-11,13H2,1-5H3,(H,21,26). The largest absolute Gasteiger partial charge is 0.444 e. The number of nitrogens with zero attached hydrogens (tertiary/aromatic N) is 4. The molecule has 0 radical (unpaired) electrons. The van der Waals surface area contributed by atoms with Gasteiger partial charge in [0.25, 0.3) is 0 Å². The lowest BCUT2D eigenvalue weighted by atomic mass is 10.1. The van der Waals surface area contributed by atoms with Crippen LogP contribution in [0.25, 0.3) is 5.65 Å². The van der Waals surface area contributed by atoms with Gasteiger partial charge in [-0.1, -0.05) is 6.07 Å². The molecular formula is C20H29N5O3. The van der Waals surface area contributed by atoms with Gasteiger partial charge in [0.15, 0.2) is 0 Å². The summed E-state index contributed by atoms with van der Waals surface area (Å²) in [6, 6.07) is 5.71. The van der Waals surface area contributed by atoms with Gasteiger partial charge in [-0.2, -0.15) is 0 Å². The normalized spacial score (nSPS) is 17.7. The molecule has 1 aliphatic heterocycles. The molecule has 3 rings (SSSR count). The molecule has 0 spiro atoms. The van der Waals surface area contributed by atoms with E-state index in [1.807, 2.05) is 52.1 Å². The van der Waals surface area contributed by atoms with Crippen molar-refractivity contribution in [2.24, 2.45) is 0 Å². The van der Waals surface area contributed by atoms with Crippen LogP contribution in [0.5, 0.6) is 0 Å². The molecule has 0 aromatic carbocycles. The van der Waals surface area contributed by atoms with Crippen LogP contribution in [0.2, 0.25) is 0 Å². The van der Waals surface area contributed by atoms with E-state index < -0.39 is 5.60 Å². The molecule has 28 heavy (non-hydrogen) atoms. The Balaban J connectivity index is 1.85. The van der Waals surface area contributed by atoms with E-state index in [4.69, 9.17) is 4.74 Å². The fourth-order valence-electron chi connectivity index (χ4n) is 3.49. The molecule has 2 aromatic heterocycles. The Bertz CT molecular complexity index is 870. The summed E-state index contributed by atoms with van der Waals surface area (Å²) in [6.45, 7) is 9.18.